The smallest absolute Gasteiger partial charge is 0.172 e. The molecule has 1 saturated carbocycles. The molecule has 0 aromatic carbocycles. The molecule has 0 atom stereocenters. The Morgan fingerprint density at radius 3 is 1.33 bits per heavy atom. The zero-order valence-electron chi connectivity index (χ0n) is 10.5. The van der Waals surface area contributed by atoms with E-state index in [2.05, 4.69) is 6.58 Å². The van der Waals surface area contributed by atoms with E-state index in [0.29, 0.717) is 0 Å². The first-order valence-corrected chi connectivity index (χ1v) is 5.26. The zero-order valence-corrected chi connectivity index (χ0v) is 10.5. The molecular formula is C13H20O2. The normalized spacial score (nSPS) is 28.0. The molecular weight excluding hydrogens is 188 g/mol. The maximum absolute atomic E-state index is 12.0. The molecule has 0 aromatic rings. The van der Waals surface area contributed by atoms with E-state index in [0.717, 1.165) is 0 Å². The maximum Gasteiger partial charge on any atom is 0.172 e. The van der Waals surface area contributed by atoms with E-state index < -0.39 is 10.8 Å². The van der Waals surface area contributed by atoms with Gasteiger partial charge in [0.1, 0.15) is 0 Å². The largest absolute Gasteiger partial charge is 0.293 e. The van der Waals surface area contributed by atoms with Crippen molar-refractivity contribution in [3.63, 3.8) is 0 Å². The predicted octanol–water partition coefficient (Wildman–Crippen LogP) is 2.77. The second kappa shape index (κ2) is 2.81. The van der Waals surface area contributed by atoms with Crippen LogP contribution in [0.2, 0.25) is 0 Å². The molecule has 2 heteroatoms. The van der Waals surface area contributed by atoms with Gasteiger partial charge in [0, 0.05) is 10.8 Å². The van der Waals surface area contributed by atoms with Crippen molar-refractivity contribution in [2.45, 2.75) is 41.5 Å². The van der Waals surface area contributed by atoms with Gasteiger partial charge in [-0.1, -0.05) is 48.1 Å². The van der Waals surface area contributed by atoms with Crippen LogP contribution in [-0.4, -0.2) is 11.6 Å². The van der Waals surface area contributed by atoms with Crippen molar-refractivity contribution in [1.29, 1.82) is 0 Å². The van der Waals surface area contributed by atoms with Crippen molar-refractivity contribution in [1.82, 2.24) is 0 Å². The highest BCUT2D eigenvalue weighted by Gasteiger charge is 2.60. The van der Waals surface area contributed by atoms with Crippen LogP contribution in [0.25, 0.3) is 0 Å². The number of rotatable bonds is 0. The van der Waals surface area contributed by atoms with Gasteiger partial charge in [-0.05, 0) is 5.41 Å². The molecule has 0 aliphatic heterocycles. The van der Waals surface area contributed by atoms with Crippen molar-refractivity contribution in [3.05, 3.63) is 12.2 Å². The molecule has 0 amide bonds. The van der Waals surface area contributed by atoms with Crippen LogP contribution >= 0.6 is 0 Å². The fourth-order valence-electron chi connectivity index (χ4n) is 2.21. The van der Waals surface area contributed by atoms with Gasteiger partial charge in [-0.25, -0.2) is 0 Å². The van der Waals surface area contributed by atoms with Crippen LogP contribution in [0.3, 0.4) is 0 Å². The van der Waals surface area contributed by atoms with E-state index in [-0.39, 0.29) is 22.6 Å². The number of ketones is 2. The van der Waals surface area contributed by atoms with Gasteiger partial charge in [-0.3, -0.25) is 9.59 Å². The summed E-state index contributed by atoms with van der Waals surface area (Å²) in [5, 5.41) is 0. The van der Waals surface area contributed by atoms with E-state index in [1.165, 1.54) is 0 Å². The summed E-state index contributed by atoms with van der Waals surface area (Å²) >= 11 is 0. The highest BCUT2D eigenvalue weighted by molar-refractivity contribution is 6.25. The minimum absolute atomic E-state index is 0.114. The van der Waals surface area contributed by atoms with Gasteiger partial charge in [0.15, 0.2) is 11.6 Å². The Kier molecular flexibility index (Phi) is 2.27. The summed E-state index contributed by atoms with van der Waals surface area (Å²) in [7, 11) is 0. The van der Waals surface area contributed by atoms with Crippen LogP contribution in [0.5, 0.6) is 0 Å². The van der Waals surface area contributed by atoms with Crippen LogP contribution in [0.1, 0.15) is 41.5 Å². The molecule has 2 nitrogen and oxygen atoms in total. The second-order valence-corrected chi connectivity index (χ2v) is 6.01. The summed E-state index contributed by atoms with van der Waals surface area (Å²) in [6.07, 6.45) is 0. The monoisotopic (exact) mass is 208 g/mol. The highest BCUT2D eigenvalue weighted by Crippen LogP contribution is 2.57. The van der Waals surface area contributed by atoms with Gasteiger partial charge >= 0.3 is 0 Å². The van der Waals surface area contributed by atoms with Gasteiger partial charge in [-0.2, -0.15) is 0 Å². The molecule has 0 saturated heterocycles. The topological polar surface area (TPSA) is 34.1 Å². The van der Waals surface area contributed by atoms with Crippen LogP contribution < -0.4 is 0 Å². The third kappa shape index (κ3) is 1.17. The number of carbonyl (C=O) groups is 2. The Balaban J connectivity index is 3.47. The number of hydrogen-bond acceptors (Lipinski definition) is 2. The molecule has 0 unspecified atom stereocenters. The van der Waals surface area contributed by atoms with E-state index in [9.17, 15) is 9.59 Å². The average Bonchev–Trinajstić information content (AvgIpc) is 2.12. The molecule has 1 rings (SSSR count). The molecule has 0 aromatic heterocycles. The Bertz CT molecular complexity index is 325. The van der Waals surface area contributed by atoms with Crippen molar-refractivity contribution in [3.8, 4) is 0 Å². The van der Waals surface area contributed by atoms with Crippen molar-refractivity contribution in [2.75, 3.05) is 0 Å². The van der Waals surface area contributed by atoms with Gasteiger partial charge in [0.2, 0.25) is 0 Å². The number of allylic oxidation sites excluding steroid dienone is 1. The standard InChI is InChI=1S/C13H20O2/c1-8-9(14)11(2,3)13(6,7)12(4,5)10(8)15/h1H2,2-7H3. The highest BCUT2D eigenvalue weighted by atomic mass is 16.2. The minimum Gasteiger partial charge on any atom is -0.293 e. The maximum atomic E-state index is 12.0. The number of Topliss-reactive ketones (excluding diaryl/α,β-unsaturated/α-hetero) is 2. The number of carbonyl (C=O) groups excluding carboxylic acids is 2. The van der Waals surface area contributed by atoms with Crippen LogP contribution in [-0.2, 0) is 9.59 Å². The summed E-state index contributed by atoms with van der Waals surface area (Å²) in [5.74, 6) is -0.228. The average molecular weight is 208 g/mol. The van der Waals surface area contributed by atoms with Gasteiger partial charge in [-0.15, -0.1) is 0 Å². The lowest BCUT2D eigenvalue weighted by atomic mass is 9.47. The number of hydrogen-bond donors (Lipinski definition) is 0. The minimum atomic E-state index is -0.540. The van der Waals surface area contributed by atoms with Crippen LogP contribution in [0, 0.1) is 16.2 Å². The first kappa shape index (κ1) is 12.2. The fraction of sp³-hybridized carbons (Fsp3) is 0.692. The summed E-state index contributed by atoms with van der Waals surface area (Å²) in [5.41, 5.74) is -1.29. The van der Waals surface area contributed by atoms with E-state index in [1.807, 2.05) is 41.5 Å². The third-order valence-corrected chi connectivity index (χ3v) is 4.81. The first-order chi connectivity index (χ1) is 6.48. The Labute approximate surface area is 91.7 Å². The third-order valence-electron chi connectivity index (χ3n) is 4.81. The predicted molar refractivity (Wildman–Crippen MR) is 60.5 cm³/mol. The van der Waals surface area contributed by atoms with Crippen molar-refractivity contribution in [2.24, 2.45) is 16.2 Å². The van der Waals surface area contributed by atoms with Crippen molar-refractivity contribution >= 4 is 11.6 Å². The summed E-state index contributed by atoms with van der Waals surface area (Å²) in [6.45, 7) is 15.2. The Hall–Kier alpha value is -0.920. The van der Waals surface area contributed by atoms with E-state index in [1.54, 1.807) is 0 Å². The van der Waals surface area contributed by atoms with Crippen molar-refractivity contribution < 1.29 is 9.59 Å². The van der Waals surface area contributed by atoms with Gasteiger partial charge < -0.3 is 0 Å². The Morgan fingerprint density at radius 2 is 1.07 bits per heavy atom. The lowest BCUT2D eigenvalue weighted by Gasteiger charge is -2.54. The molecule has 0 N–H and O–H groups in total. The van der Waals surface area contributed by atoms with Gasteiger partial charge in [0.25, 0.3) is 0 Å². The zero-order chi connectivity index (χ0) is 12.2. The van der Waals surface area contributed by atoms with E-state index >= 15 is 0 Å². The van der Waals surface area contributed by atoms with Gasteiger partial charge in [0.05, 0.1) is 5.57 Å². The molecule has 0 radical (unpaired) electrons. The summed E-state index contributed by atoms with van der Waals surface area (Å²) < 4.78 is 0. The Morgan fingerprint density at radius 1 is 0.800 bits per heavy atom. The molecule has 15 heavy (non-hydrogen) atoms. The SMILES string of the molecule is C=C1C(=O)C(C)(C)C(C)(C)C(C)(C)C1=O. The summed E-state index contributed by atoms with van der Waals surface area (Å²) in [4.78, 5) is 24.1. The first-order valence-electron chi connectivity index (χ1n) is 5.26. The lowest BCUT2D eigenvalue weighted by molar-refractivity contribution is -0.153. The second-order valence-electron chi connectivity index (χ2n) is 6.01. The van der Waals surface area contributed by atoms with Crippen LogP contribution in [0.15, 0.2) is 12.2 Å². The summed E-state index contributed by atoms with van der Waals surface area (Å²) in [6, 6.07) is 0. The fourth-order valence-corrected chi connectivity index (χ4v) is 2.21. The molecule has 0 spiro atoms. The molecule has 1 fully saturated rings. The molecule has 1 aliphatic carbocycles. The lowest BCUT2D eigenvalue weighted by Crippen LogP contribution is -2.58. The van der Waals surface area contributed by atoms with Crippen LogP contribution in [0.4, 0.5) is 0 Å². The van der Waals surface area contributed by atoms with E-state index in [4.69, 9.17) is 0 Å². The quantitative estimate of drug-likeness (QED) is 0.453. The molecule has 1 aliphatic rings. The molecule has 84 valence electrons. The molecule has 0 bridgehead atoms. The molecule has 0 heterocycles.